The molecule has 2 atom stereocenters. The maximum atomic E-state index is 14.6. The van der Waals surface area contributed by atoms with Crippen molar-refractivity contribution in [3.8, 4) is 5.75 Å². The summed E-state index contributed by atoms with van der Waals surface area (Å²) in [5.74, 6) is -0.211. The second-order valence-corrected chi connectivity index (χ2v) is 10.3. The minimum absolute atomic E-state index is 0.0843. The molecule has 3 aromatic carbocycles. The SMILES string of the molecule is O=C(c1cccc(F)c1)N1CC[C@@]23C(=O)N(Cc4cn(nn4)CCCOc4cccc(c4)[C@H]12)c1ccccc13. The van der Waals surface area contributed by atoms with E-state index in [9.17, 15) is 14.0 Å². The minimum Gasteiger partial charge on any atom is -0.494 e. The van der Waals surface area contributed by atoms with Crippen molar-refractivity contribution >= 4 is 17.5 Å². The molecule has 2 amide bonds. The van der Waals surface area contributed by atoms with E-state index in [2.05, 4.69) is 10.3 Å². The van der Waals surface area contributed by atoms with E-state index in [1.165, 1.54) is 18.2 Å². The van der Waals surface area contributed by atoms with Gasteiger partial charge in [0, 0.05) is 30.8 Å². The molecule has 4 heterocycles. The maximum absolute atomic E-state index is 14.6. The molecule has 1 fully saturated rings. The van der Waals surface area contributed by atoms with Gasteiger partial charge in [-0.1, -0.05) is 41.6 Å². The number of aromatic nitrogens is 3. The molecule has 0 unspecified atom stereocenters. The number of nitrogens with zero attached hydrogens (tertiary/aromatic N) is 5. The molecular formula is C30H26FN5O3. The number of para-hydroxylation sites is 1. The van der Waals surface area contributed by atoms with Crippen molar-refractivity contribution in [1.29, 1.82) is 0 Å². The number of halogens is 1. The monoisotopic (exact) mass is 523 g/mol. The first-order chi connectivity index (χ1) is 19.0. The van der Waals surface area contributed by atoms with Crippen LogP contribution in [0.5, 0.6) is 5.75 Å². The number of carbonyl (C=O) groups is 2. The van der Waals surface area contributed by atoms with Crippen LogP contribution in [0.25, 0.3) is 0 Å². The highest BCUT2D eigenvalue weighted by molar-refractivity contribution is 6.10. The van der Waals surface area contributed by atoms with Crippen molar-refractivity contribution in [1.82, 2.24) is 19.9 Å². The third kappa shape index (κ3) is 3.71. The van der Waals surface area contributed by atoms with Crippen molar-refractivity contribution in [2.75, 3.05) is 18.1 Å². The molecule has 9 heteroatoms. The van der Waals surface area contributed by atoms with E-state index >= 15 is 0 Å². The summed E-state index contributed by atoms with van der Waals surface area (Å²) in [5.41, 5.74) is 2.41. The Kier molecular flexibility index (Phi) is 5.47. The third-order valence-corrected chi connectivity index (χ3v) is 8.04. The van der Waals surface area contributed by atoms with Crippen LogP contribution in [-0.4, -0.2) is 44.9 Å². The minimum atomic E-state index is -1.02. The van der Waals surface area contributed by atoms with Crippen LogP contribution in [0.4, 0.5) is 10.1 Å². The molecule has 8 nitrogen and oxygen atoms in total. The Balaban J connectivity index is 1.42. The molecule has 4 aromatic rings. The van der Waals surface area contributed by atoms with Gasteiger partial charge >= 0.3 is 0 Å². The lowest BCUT2D eigenvalue weighted by atomic mass is 9.72. The molecule has 0 aliphatic carbocycles. The number of fused-ring (bicyclic) bond motifs is 8. The second-order valence-electron chi connectivity index (χ2n) is 10.3. The van der Waals surface area contributed by atoms with E-state index in [0.717, 1.165) is 23.2 Å². The Bertz CT molecular complexity index is 1600. The summed E-state index contributed by atoms with van der Waals surface area (Å²) in [6.07, 6.45) is 3.03. The number of anilines is 1. The number of amides is 2. The molecule has 1 saturated heterocycles. The van der Waals surface area contributed by atoms with E-state index in [0.29, 0.717) is 37.6 Å². The summed E-state index contributed by atoms with van der Waals surface area (Å²) in [4.78, 5) is 32.0. The summed E-state index contributed by atoms with van der Waals surface area (Å²) < 4.78 is 22.0. The summed E-state index contributed by atoms with van der Waals surface area (Å²) in [6, 6.07) is 20.5. The zero-order valence-corrected chi connectivity index (χ0v) is 21.2. The zero-order valence-electron chi connectivity index (χ0n) is 21.2. The molecule has 196 valence electrons. The fraction of sp³-hybridized carbons (Fsp3) is 0.267. The van der Waals surface area contributed by atoms with Gasteiger partial charge < -0.3 is 14.5 Å². The lowest BCUT2D eigenvalue weighted by Gasteiger charge is -2.35. The van der Waals surface area contributed by atoms with Crippen LogP contribution in [0.15, 0.2) is 79.0 Å². The van der Waals surface area contributed by atoms with Crippen LogP contribution in [0.2, 0.25) is 0 Å². The first-order valence-electron chi connectivity index (χ1n) is 13.1. The maximum Gasteiger partial charge on any atom is 0.254 e. The standard InChI is InChI=1S/C30H26FN5O3/c31-22-8-3-7-21(16-22)28(37)35-14-12-30-25-10-1-2-11-26(25)36(29(30)38)19-23-18-34(33-32-23)13-5-15-39-24-9-4-6-20(17-24)27(30)35/h1-4,6-11,16-18,27H,5,12-15,19H2/t27-,30-/m0/s1. The fourth-order valence-corrected chi connectivity index (χ4v) is 6.39. The number of rotatable bonds is 1. The van der Waals surface area contributed by atoms with E-state index in [1.807, 2.05) is 54.7 Å². The van der Waals surface area contributed by atoms with E-state index in [1.54, 1.807) is 20.5 Å². The Morgan fingerprint density at radius 2 is 1.90 bits per heavy atom. The highest BCUT2D eigenvalue weighted by Crippen LogP contribution is 2.57. The smallest absolute Gasteiger partial charge is 0.254 e. The predicted octanol–water partition coefficient (Wildman–Crippen LogP) is 4.27. The number of aryl methyl sites for hydroxylation is 1. The predicted molar refractivity (Wildman–Crippen MR) is 141 cm³/mol. The molecule has 0 radical (unpaired) electrons. The molecule has 39 heavy (non-hydrogen) atoms. The van der Waals surface area contributed by atoms with E-state index < -0.39 is 17.3 Å². The largest absolute Gasteiger partial charge is 0.494 e. The third-order valence-electron chi connectivity index (χ3n) is 8.04. The van der Waals surface area contributed by atoms with Gasteiger partial charge in [-0.3, -0.25) is 14.3 Å². The number of benzene rings is 3. The zero-order chi connectivity index (χ0) is 26.6. The number of ether oxygens (including phenoxy) is 1. The van der Waals surface area contributed by atoms with Crippen molar-refractivity contribution < 1.29 is 18.7 Å². The molecule has 3 aliphatic rings. The van der Waals surface area contributed by atoms with Crippen LogP contribution >= 0.6 is 0 Å². The molecule has 3 aliphatic heterocycles. The average molecular weight is 524 g/mol. The Morgan fingerprint density at radius 3 is 2.79 bits per heavy atom. The van der Waals surface area contributed by atoms with E-state index in [4.69, 9.17) is 4.74 Å². The summed E-state index contributed by atoms with van der Waals surface area (Å²) in [5, 5.41) is 8.57. The average Bonchev–Trinajstić information content (AvgIpc) is 3.63. The van der Waals surface area contributed by atoms with Gasteiger partial charge in [0.2, 0.25) is 5.91 Å². The summed E-state index contributed by atoms with van der Waals surface area (Å²) >= 11 is 0. The van der Waals surface area contributed by atoms with Gasteiger partial charge in [-0.25, -0.2) is 4.39 Å². The normalized spacial score (nSPS) is 22.0. The highest BCUT2D eigenvalue weighted by atomic mass is 19.1. The van der Waals surface area contributed by atoms with Gasteiger partial charge in [-0.15, -0.1) is 5.10 Å². The molecule has 1 spiro atoms. The molecular weight excluding hydrogens is 497 g/mol. The van der Waals surface area contributed by atoms with Gasteiger partial charge in [-0.05, 0) is 53.9 Å². The number of likely N-dealkylation sites (tertiary alicyclic amines) is 1. The summed E-state index contributed by atoms with van der Waals surface area (Å²) in [7, 11) is 0. The molecule has 1 aromatic heterocycles. The molecule has 6 bridgehead atoms. The number of hydrogen-bond acceptors (Lipinski definition) is 5. The van der Waals surface area contributed by atoms with Crippen molar-refractivity contribution in [3.63, 3.8) is 0 Å². The van der Waals surface area contributed by atoms with Gasteiger partial charge in [0.15, 0.2) is 0 Å². The second kappa shape index (κ2) is 9.04. The Hall–Kier alpha value is -4.53. The lowest BCUT2D eigenvalue weighted by Crippen LogP contribution is -2.45. The van der Waals surface area contributed by atoms with Crippen LogP contribution in [0, 0.1) is 5.82 Å². The van der Waals surface area contributed by atoms with E-state index in [-0.39, 0.29) is 23.9 Å². The Labute approximate surface area is 224 Å². The quantitative estimate of drug-likeness (QED) is 0.372. The van der Waals surface area contributed by atoms with Crippen molar-refractivity contribution in [2.45, 2.75) is 37.4 Å². The fourth-order valence-electron chi connectivity index (χ4n) is 6.39. The van der Waals surface area contributed by atoms with Crippen molar-refractivity contribution in [2.24, 2.45) is 0 Å². The lowest BCUT2D eigenvalue weighted by molar-refractivity contribution is -0.124. The van der Waals surface area contributed by atoms with Gasteiger partial charge in [0.25, 0.3) is 5.91 Å². The molecule has 0 saturated carbocycles. The topological polar surface area (TPSA) is 80.6 Å². The van der Waals surface area contributed by atoms with Crippen LogP contribution in [-0.2, 0) is 23.3 Å². The van der Waals surface area contributed by atoms with Gasteiger partial charge in [0.05, 0.1) is 25.4 Å². The molecule has 0 N–H and O–H groups in total. The van der Waals surface area contributed by atoms with Crippen LogP contribution < -0.4 is 9.64 Å². The highest BCUT2D eigenvalue weighted by Gasteiger charge is 2.61. The number of carbonyl (C=O) groups excluding carboxylic acids is 2. The first kappa shape index (κ1) is 23.6. The Morgan fingerprint density at radius 1 is 1.03 bits per heavy atom. The van der Waals surface area contributed by atoms with Crippen LogP contribution in [0.1, 0.15) is 46.1 Å². The first-order valence-corrected chi connectivity index (χ1v) is 13.1. The van der Waals surface area contributed by atoms with Gasteiger partial charge in [0.1, 0.15) is 22.7 Å². The number of hydrogen-bond donors (Lipinski definition) is 0. The van der Waals surface area contributed by atoms with Crippen molar-refractivity contribution in [3.05, 3.63) is 107 Å². The van der Waals surface area contributed by atoms with Gasteiger partial charge in [-0.2, -0.15) is 0 Å². The van der Waals surface area contributed by atoms with Crippen LogP contribution in [0.3, 0.4) is 0 Å². The summed E-state index contributed by atoms with van der Waals surface area (Å²) in [6.45, 7) is 1.74. The molecule has 7 rings (SSSR count).